The average molecular weight is 298 g/mol. The summed E-state index contributed by atoms with van der Waals surface area (Å²) in [5, 5.41) is 8.99. The molecule has 1 aromatic rings. The number of carboxylic acid groups (broad SMARTS) is 1. The molecule has 92 valence electrons. The lowest BCUT2D eigenvalue weighted by atomic mass is 10.1. The SMILES string of the molecule is CC(c1ccc(Br)cc1)N1CCC(C(=O)O)C1. The molecule has 2 unspecified atom stereocenters. The van der Waals surface area contributed by atoms with Gasteiger partial charge in [-0.15, -0.1) is 0 Å². The van der Waals surface area contributed by atoms with Crippen LogP contribution >= 0.6 is 15.9 Å². The first-order valence-corrected chi connectivity index (χ1v) is 6.59. The van der Waals surface area contributed by atoms with Crippen LogP contribution in [0.15, 0.2) is 28.7 Å². The zero-order valence-corrected chi connectivity index (χ0v) is 11.4. The molecule has 0 bridgehead atoms. The third-order valence-electron chi connectivity index (χ3n) is 3.47. The van der Waals surface area contributed by atoms with Crippen LogP contribution in [-0.2, 0) is 4.79 Å². The van der Waals surface area contributed by atoms with Crippen molar-refractivity contribution in [2.24, 2.45) is 5.92 Å². The van der Waals surface area contributed by atoms with Gasteiger partial charge >= 0.3 is 5.97 Å². The maximum atomic E-state index is 10.9. The van der Waals surface area contributed by atoms with Crippen LogP contribution in [0.25, 0.3) is 0 Å². The number of carboxylic acids is 1. The van der Waals surface area contributed by atoms with E-state index in [2.05, 4.69) is 39.9 Å². The number of rotatable bonds is 3. The molecule has 2 rings (SSSR count). The van der Waals surface area contributed by atoms with Crippen molar-refractivity contribution in [1.29, 1.82) is 0 Å². The summed E-state index contributed by atoms with van der Waals surface area (Å²) in [6.07, 6.45) is 0.760. The van der Waals surface area contributed by atoms with Crippen LogP contribution in [-0.4, -0.2) is 29.1 Å². The first-order chi connectivity index (χ1) is 8.08. The Morgan fingerprint density at radius 3 is 2.65 bits per heavy atom. The molecule has 1 heterocycles. The summed E-state index contributed by atoms with van der Waals surface area (Å²) in [6, 6.07) is 8.51. The number of benzene rings is 1. The van der Waals surface area contributed by atoms with Crippen LogP contribution in [0.1, 0.15) is 24.9 Å². The molecular weight excluding hydrogens is 282 g/mol. The largest absolute Gasteiger partial charge is 0.481 e. The van der Waals surface area contributed by atoms with Crippen molar-refractivity contribution in [1.82, 2.24) is 4.90 Å². The Balaban J connectivity index is 2.04. The molecular formula is C13H16BrNO2. The Morgan fingerprint density at radius 2 is 2.12 bits per heavy atom. The zero-order valence-electron chi connectivity index (χ0n) is 9.77. The van der Waals surface area contributed by atoms with Gasteiger partial charge in [-0.05, 0) is 37.6 Å². The lowest BCUT2D eigenvalue weighted by Crippen LogP contribution is -2.26. The van der Waals surface area contributed by atoms with Crippen molar-refractivity contribution in [3.8, 4) is 0 Å². The van der Waals surface area contributed by atoms with Crippen molar-refractivity contribution < 1.29 is 9.90 Å². The summed E-state index contributed by atoms with van der Waals surface area (Å²) in [5.41, 5.74) is 1.24. The van der Waals surface area contributed by atoms with Gasteiger partial charge in [-0.25, -0.2) is 0 Å². The van der Waals surface area contributed by atoms with Gasteiger partial charge in [-0.1, -0.05) is 28.1 Å². The molecule has 4 heteroatoms. The van der Waals surface area contributed by atoms with Gasteiger partial charge in [0.1, 0.15) is 0 Å². The van der Waals surface area contributed by atoms with Gasteiger partial charge in [0.05, 0.1) is 5.92 Å². The lowest BCUT2D eigenvalue weighted by Gasteiger charge is -2.24. The Kier molecular flexibility index (Phi) is 3.84. The highest BCUT2D eigenvalue weighted by molar-refractivity contribution is 9.10. The summed E-state index contributed by atoms with van der Waals surface area (Å²) in [6.45, 7) is 3.66. The van der Waals surface area contributed by atoms with Crippen molar-refractivity contribution in [3.05, 3.63) is 34.3 Å². The molecule has 0 aromatic heterocycles. The van der Waals surface area contributed by atoms with Crippen molar-refractivity contribution >= 4 is 21.9 Å². The van der Waals surface area contributed by atoms with E-state index < -0.39 is 5.97 Å². The van der Waals surface area contributed by atoms with E-state index in [-0.39, 0.29) is 12.0 Å². The molecule has 17 heavy (non-hydrogen) atoms. The molecule has 1 fully saturated rings. The van der Waals surface area contributed by atoms with Gasteiger partial charge in [0.2, 0.25) is 0 Å². The smallest absolute Gasteiger partial charge is 0.307 e. The normalized spacial score (nSPS) is 22.6. The van der Waals surface area contributed by atoms with Crippen LogP contribution in [0.2, 0.25) is 0 Å². The summed E-state index contributed by atoms with van der Waals surface area (Å²) >= 11 is 3.42. The van der Waals surface area contributed by atoms with Gasteiger partial charge in [-0.2, -0.15) is 0 Å². The average Bonchev–Trinajstić information content (AvgIpc) is 2.78. The molecule has 2 atom stereocenters. The maximum Gasteiger partial charge on any atom is 0.307 e. The number of halogens is 1. The summed E-state index contributed by atoms with van der Waals surface area (Å²) in [7, 11) is 0. The third-order valence-corrected chi connectivity index (χ3v) is 4.00. The van der Waals surface area contributed by atoms with Crippen molar-refractivity contribution in [3.63, 3.8) is 0 Å². The molecule has 3 nitrogen and oxygen atoms in total. The molecule has 0 amide bonds. The van der Waals surface area contributed by atoms with Crippen molar-refractivity contribution in [2.45, 2.75) is 19.4 Å². The summed E-state index contributed by atoms with van der Waals surface area (Å²) in [5.74, 6) is -0.872. The molecule has 0 aliphatic carbocycles. The molecule has 0 radical (unpaired) electrons. The second kappa shape index (κ2) is 5.19. The van der Waals surface area contributed by atoms with Crippen LogP contribution in [0.3, 0.4) is 0 Å². The monoisotopic (exact) mass is 297 g/mol. The zero-order chi connectivity index (χ0) is 12.4. The number of hydrogen-bond donors (Lipinski definition) is 1. The Labute approximate surface area is 110 Å². The topological polar surface area (TPSA) is 40.5 Å². The first-order valence-electron chi connectivity index (χ1n) is 5.80. The van der Waals surface area contributed by atoms with E-state index in [9.17, 15) is 4.79 Å². The molecule has 1 aliphatic rings. The fraction of sp³-hybridized carbons (Fsp3) is 0.462. The van der Waals surface area contributed by atoms with E-state index in [0.717, 1.165) is 17.4 Å². The van der Waals surface area contributed by atoms with Gasteiger partial charge in [0.25, 0.3) is 0 Å². The highest BCUT2D eigenvalue weighted by Gasteiger charge is 2.30. The van der Waals surface area contributed by atoms with Crippen molar-refractivity contribution in [2.75, 3.05) is 13.1 Å². The van der Waals surface area contributed by atoms with Crippen LogP contribution < -0.4 is 0 Å². The molecule has 1 aliphatic heterocycles. The predicted molar refractivity (Wildman–Crippen MR) is 69.9 cm³/mol. The molecule has 0 saturated carbocycles. The Bertz CT molecular complexity index is 404. The highest BCUT2D eigenvalue weighted by atomic mass is 79.9. The third kappa shape index (κ3) is 2.87. The van der Waals surface area contributed by atoms with Crippen LogP contribution in [0.4, 0.5) is 0 Å². The van der Waals surface area contributed by atoms with Crippen LogP contribution in [0, 0.1) is 5.92 Å². The molecule has 1 saturated heterocycles. The number of hydrogen-bond acceptors (Lipinski definition) is 2. The quantitative estimate of drug-likeness (QED) is 0.932. The second-order valence-electron chi connectivity index (χ2n) is 4.55. The molecule has 1 N–H and O–H groups in total. The lowest BCUT2D eigenvalue weighted by molar-refractivity contribution is -0.141. The molecule has 1 aromatic carbocycles. The first kappa shape index (κ1) is 12.6. The highest BCUT2D eigenvalue weighted by Crippen LogP contribution is 2.28. The van der Waals surface area contributed by atoms with E-state index in [1.54, 1.807) is 0 Å². The van der Waals surface area contributed by atoms with E-state index in [1.807, 2.05) is 12.1 Å². The standard InChI is InChI=1S/C13H16BrNO2/c1-9(10-2-4-12(14)5-3-10)15-7-6-11(8-15)13(16)17/h2-5,9,11H,6-8H2,1H3,(H,16,17). The Morgan fingerprint density at radius 1 is 1.47 bits per heavy atom. The Hall–Kier alpha value is -0.870. The van der Waals surface area contributed by atoms with Crippen LogP contribution in [0.5, 0.6) is 0 Å². The summed E-state index contributed by atoms with van der Waals surface area (Å²) in [4.78, 5) is 13.2. The van der Waals surface area contributed by atoms with Gasteiger partial charge in [0.15, 0.2) is 0 Å². The minimum atomic E-state index is -0.671. The van der Waals surface area contributed by atoms with Gasteiger partial charge < -0.3 is 5.11 Å². The number of nitrogens with zero attached hydrogens (tertiary/aromatic N) is 1. The number of likely N-dealkylation sites (tertiary alicyclic amines) is 1. The van der Waals surface area contributed by atoms with Gasteiger partial charge in [-0.3, -0.25) is 9.69 Å². The molecule has 0 spiro atoms. The number of carbonyl (C=O) groups is 1. The fourth-order valence-electron chi connectivity index (χ4n) is 2.29. The minimum absolute atomic E-state index is 0.201. The number of aliphatic carboxylic acids is 1. The van der Waals surface area contributed by atoms with E-state index in [0.29, 0.717) is 6.54 Å². The second-order valence-corrected chi connectivity index (χ2v) is 5.46. The van der Waals surface area contributed by atoms with E-state index in [4.69, 9.17) is 5.11 Å². The van der Waals surface area contributed by atoms with E-state index >= 15 is 0 Å². The van der Waals surface area contributed by atoms with E-state index in [1.165, 1.54) is 5.56 Å². The van der Waals surface area contributed by atoms with Gasteiger partial charge in [0, 0.05) is 17.1 Å². The predicted octanol–water partition coefficient (Wildman–Crippen LogP) is 2.92. The maximum absolute atomic E-state index is 10.9. The summed E-state index contributed by atoms with van der Waals surface area (Å²) < 4.78 is 1.07. The fourth-order valence-corrected chi connectivity index (χ4v) is 2.56. The minimum Gasteiger partial charge on any atom is -0.481 e.